The first-order chi connectivity index (χ1) is 15.5. The number of anilines is 2. The van der Waals surface area contributed by atoms with E-state index >= 15 is 0 Å². The number of aromatic nitrogens is 2. The van der Waals surface area contributed by atoms with Gasteiger partial charge in [-0.1, -0.05) is 6.07 Å². The number of aryl methyl sites for hydroxylation is 1. The van der Waals surface area contributed by atoms with Crippen LogP contribution in [-0.2, 0) is 11.0 Å². The molecule has 1 heterocycles. The van der Waals surface area contributed by atoms with Crippen LogP contribution in [0.15, 0.2) is 53.3 Å². The zero-order valence-corrected chi connectivity index (χ0v) is 17.8. The summed E-state index contributed by atoms with van der Waals surface area (Å²) in [6.45, 7) is 2.76. The average molecular weight is 460 g/mol. The Morgan fingerprint density at radius 1 is 1.03 bits per heavy atom. The van der Waals surface area contributed by atoms with Gasteiger partial charge in [0.05, 0.1) is 29.7 Å². The molecule has 0 aliphatic carbocycles. The van der Waals surface area contributed by atoms with Crippen molar-refractivity contribution >= 4 is 23.2 Å². The Labute approximate surface area is 186 Å². The van der Waals surface area contributed by atoms with E-state index in [1.54, 1.807) is 6.07 Å². The Balaban J connectivity index is 2.03. The van der Waals surface area contributed by atoms with Crippen LogP contribution in [0.1, 0.15) is 28.7 Å². The van der Waals surface area contributed by atoms with Gasteiger partial charge in [0.2, 0.25) is 11.3 Å². The van der Waals surface area contributed by atoms with E-state index in [-0.39, 0.29) is 22.8 Å². The molecule has 1 aromatic heterocycles. The second-order valence-electron chi connectivity index (χ2n) is 7.01. The number of amides is 2. The van der Waals surface area contributed by atoms with E-state index in [9.17, 15) is 27.6 Å². The van der Waals surface area contributed by atoms with Crippen LogP contribution < -0.4 is 20.8 Å². The summed E-state index contributed by atoms with van der Waals surface area (Å²) in [6, 6.07) is 9.94. The number of methoxy groups -OCH3 is 1. The van der Waals surface area contributed by atoms with Crippen LogP contribution in [-0.4, -0.2) is 28.7 Å². The summed E-state index contributed by atoms with van der Waals surface area (Å²) in [7, 11) is 1.41. The average Bonchev–Trinajstić information content (AvgIpc) is 2.74. The lowest BCUT2D eigenvalue weighted by Gasteiger charge is -2.15. The lowest BCUT2D eigenvalue weighted by molar-refractivity contribution is -0.137. The van der Waals surface area contributed by atoms with Gasteiger partial charge in [0.1, 0.15) is 5.75 Å². The number of hydrogen-bond donors (Lipinski definition) is 2. The molecule has 2 aromatic carbocycles. The highest BCUT2D eigenvalue weighted by Crippen LogP contribution is 2.30. The van der Waals surface area contributed by atoms with Gasteiger partial charge < -0.3 is 15.4 Å². The van der Waals surface area contributed by atoms with Crippen molar-refractivity contribution in [2.75, 3.05) is 17.7 Å². The first-order valence-electron chi connectivity index (χ1n) is 9.55. The fourth-order valence-electron chi connectivity index (χ4n) is 3.01. The summed E-state index contributed by atoms with van der Waals surface area (Å²) in [5.74, 6) is -0.936. The lowest BCUT2D eigenvalue weighted by atomic mass is 10.2. The van der Waals surface area contributed by atoms with Crippen LogP contribution >= 0.6 is 0 Å². The van der Waals surface area contributed by atoms with E-state index < -0.39 is 34.7 Å². The molecule has 0 radical (unpaired) electrons. The molecule has 33 heavy (non-hydrogen) atoms. The molecule has 0 fully saturated rings. The largest absolute Gasteiger partial charge is 0.497 e. The van der Waals surface area contributed by atoms with Gasteiger partial charge in [0.25, 0.3) is 5.91 Å². The molecule has 3 rings (SSSR count). The molecule has 0 unspecified atom stereocenters. The highest BCUT2D eigenvalue weighted by Gasteiger charge is 2.30. The van der Waals surface area contributed by atoms with Crippen molar-refractivity contribution in [3.63, 3.8) is 0 Å². The molecule has 172 valence electrons. The number of hydrogen-bond acceptors (Lipinski definition) is 5. The highest BCUT2D eigenvalue weighted by molar-refractivity contribution is 6.06. The second kappa shape index (κ2) is 9.15. The summed E-state index contributed by atoms with van der Waals surface area (Å²) < 4.78 is 45.5. The van der Waals surface area contributed by atoms with Gasteiger partial charge >= 0.3 is 6.18 Å². The molecule has 3 aromatic rings. The summed E-state index contributed by atoms with van der Waals surface area (Å²) in [6.07, 6.45) is -4.57. The quantitative estimate of drug-likeness (QED) is 0.603. The maximum absolute atomic E-state index is 13.1. The van der Waals surface area contributed by atoms with Crippen molar-refractivity contribution in [3.05, 3.63) is 75.7 Å². The molecule has 8 nitrogen and oxygen atoms in total. The van der Waals surface area contributed by atoms with Gasteiger partial charge in [-0.25, -0.2) is 4.68 Å². The lowest BCUT2D eigenvalue weighted by Crippen LogP contribution is -2.27. The van der Waals surface area contributed by atoms with Gasteiger partial charge in [-0.3, -0.25) is 14.4 Å². The van der Waals surface area contributed by atoms with Crippen LogP contribution in [0, 0.1) is 6.92 Å². The number of rotatable bonds is 5. The number of carbonyl (C=O) groups is 2. The highest BCUT2D eigenvalue weighted by atomic mass is 19.4. The number of nitrogens with one attached hydrogen (secondary N) is 2. The Morgan fingerprint density at radius 2 is 1.76 bits per heavy atom. The van der Waals surface area contributed by atoms with Crippen LogP contribution in [0.3, 0.4) is 0 Å². The predicted molar refractivity (Wildman–Crippen MR) is 115 cm³/mol. The third-order valence-electron chi connectivity index (χ3n) is 4.53. The smallest absolute Gasteiger partial charge is 0.416 e. The van der Waals surface area contributed by atoms with Crippen molar-refractivity contribution in [1.82, 2.24) is 9.78 Å². The van der Waals surface area contributed by atoms with Crippen molar-refractivity contribution in [3.8, 4) is 11.4 Å². The summed E-state index contributed by atoms with van der Waals surface area (Å²) in [4.78, 5) is 36.8. The first kappa shape index (κ1) is 23.5. The van der Waals surface area contributed by atoms with Crippen molar-refractivity contribution in [2.24, 2.45) is 0 Å². The Morgan fingerprint density at radius 3 is 2.39 bits per heavy atom. The van der Waals surface area contributed by atoms with Crippen molar-refractivity contribution in [2.45, 2.75) is 20.0 Å². The Hall–Kier alpha value is -4.15. The maximum Gasteiger partial charge on any atom is 0.416 e. The summed E-state index contributed by atoms with van der Waals surface area (Å²) >= 11 is 0. The predicted octanol–water partition coefficient (Wildman–Crippen LogP) is 3.78. The van der Waals surface area contributed by atoms with Gasteiger partial charge in [-0.2, -0.15) is 18.3 Å². The zero-order chi connectivity index (χ0) is 24.3. The third kappa shape index (κ3) is 5.37. The van der Waals surface area contributed by atoms with E-state index in [2.05, 4.69) is 15.7 Å². The van der Waals surface area contributed by atoms with Crippen LogP contribution in [0.25, 0.3) is 5.69 Å². The number of benzene rings is 2. The number of nitrogens with zero attached hydrogens (tertiary/aromatic N) is 2. The van der Waals surface area contributed by atoms with E-state index in [1.165, 1.54) is 45.2 Å². The molecule has 0 spiro atoms. The molecular weight excluding hydrogens is 441 g/mol. The molecule has 11 heteroatoms. The fourth-order valence-corrected chi connectivity index (χ4v) is 3.01. The van der Waals surface area contributed by atoms with Gasteiger partial charge in [0, 0.05) is 24.8 Å². The molecule has 0 saturated carbocycles. The molecule has 2 amide bonds. The van der Waals surface area contributed by atoms with Crippen molar-refractivity contribution < 1.29 is 27.5 Å². The molecule has 0 saturated heterocycles. The third-order valence-corrected chi connectivity index (χ3v) is 4.53. The summed E-state index contributed by atoms with van der Waals surface area (Å²) in [5.41, 5.74) is -1.52. The van der Waals surface area contributed by atoms with E-state index in [4.69, 9.17) is 4.74 Å². The normalized spacial score (nSPS) is 11.1. The summed E-state index contributed by atoms with van der Waals surface area (Å²) in [5, 5.41) is 9.04. The Kier molecular flexibility index (Phi) is 6.52. The first-order valence-corrected chi connectivity index (χ1v) is 9.55. The maximum atomic E-state index is 13.1. The van der Waals surface area contributed by atoms with E-state index in [1.807, 2.05) is 0 Å². The molecule has 0 atom stereocenters. The topological polar surface area (TPSA) is 102 Å². The molecule has 0 aliphatic rings. The minimum Gasteiger partial charge on any atom is -0.497 e. The van der Waals surface area contributed by atoms with Gasteiger partial charge in [0.15, 0.2) is 5.69 Å². The zero-order valence-electron chi connectivity index (χ0n) is 17.8. The number of carbonyl (C=O) groups excluding carboxylic acids is 2. The number of halogens is 3. The Bertz CT molecular complexity index is 1290. The van der Waals surface area contributed by atoms with Crippen LogP contribution in [0.5, 0.6) is 5.75 Å². The van der Waals surface area contributed by atoms with E-state index in [0.29, 0.717) is 5.75 Å². The minimum absolute atomic E-state index is 0.0247. The molecular formula is C22H19F3N4O4. The second-order valence-corrected chi connectivity index (χ2v) is 7.01. The van der Waals surface area contributed by atoms with Gasteiger partial charge in [-0.05, 0) is 37.3 Å². The fraction of sp³-hybridized carbons (Fsp3) is 0.182. The van der Waals surface area contributed by atoms with E-state index in [0.717, 1.165) is 22.9 Å². The van der Waals surface area contributed by atoms with Crippen LogP contribution in [0.2, 0.25) is 0 Å². The minimum atomic E-state index is -4.57. The van der Waals surface area contributed by atoms with Crippen molar-refractivity contribution in [1.29, 1.82) is 0 Å². The standard InChI is InChI=1S/C22H19F3N4O4/c1-12-9-19(31)20(28-29(12)15-6-4-5-14(10-15)22(23,24)25)21(32)27-18-11-16(33-3)7-8-17(18)26-13(2)30/h4-11H,1-3H3,(H,26,30)(H,27,32). The number of ether oxygens (including phenoxy) is 1. The monoisotopic (exact) mass is 460 g/mol. The molecule has 0 aliphatic heterocycles. The SMILES string of the molecule is COc1ccc(NC(C)=O)c(NC(=O)c2nn(-c3cccc(C(F)(F)F)c3)c(C)cc2=O)c1. The molecule has 0 bridgehead atoms. The van der Waals surface area contributed by atoms with Gasteiger partial charge in [-0.15, -0.1) is 0 Å². The van der Waals surface area contributed by atoms with Crippen LogP contribution in [0.4, 0.5) is 24.5 Å². The number of alkyl halides is 3. The molecule has 2 N–H and O–H groups in total.